The van der Waals surface area contributed by atoms with Crippen LogP contribution >= 0.6 is 23.5 Å². The zero-order valence-corrected chi connectivity index (χ0v) is 14.7. The van der Waals surface area contributed by atoms with Crippen molar-refractivity contribution in [1.82, 2.24) is 0 Å². The van der Waals surface area contributed by atoms with Gasteiger partial charge >= 0.3 is 0 Å². The van der Waals surface area contributed by atoms with Gasteiger partial charge in [-0.2, -0.15) is 23.5 Å². The highest BCUT2D eigenvalue weighted by Gasteiger charge is 2.13. The Morgan fingerprint density at radius 3 is 1.39 bits per heavy atom. The van der Waals surface area contributed by atoms with Gasteiger partial charge < -0.3 is 4.74 Å². The van der Waals surface area contributed by atoms with Crippen molar-refractivity contribution >= 4 is 45.1 Å². The van der Waals surface area contributed by atoms with Crippen LogP contribution in [0.3, 0.4) is 0 Å². The molecule has 118 valence electrons. The van der Waals surface area contributed by atoms with E-state index < -0.39 is 0 Å². The SMILES string of the molecule is c1ccc2c3c4ccccc4c(c2c1)CSCCOCCSC3. The molecular weight excluding hydrogens is 320 g/mol. The van der Waals surface area contributed by atoms with Gasteiger partial charge in [0.05, 0.1) is 13.2 Å². The summed E-state index contributed by atoms with van der Waals surface area (Å²) in [6.07, 6.45) is 0. The third-order valence-corrected chi connectivity index (χ3v) is 6.29. The molecule has 2 bridgehead atoms. The van der Waals surface area contributed by atoms with Gasteiger partial charge in [-0.15, -0.1) is 0 Å². The average Bonchev–Trinajstić information content (AvgIpc) is 2.63. The summed E-state index contributed by atoms with van der Waals surface area (Å²) >= 11 is 3.96. The molecule has 0 aromatic heterocycles. The summed E-state index contributed by atoms with van der Waals surface area (Å²) in [6.45, 7) is 1.72. The molecule has 0 fully saturated rings. The Bertz CT molecular complexity index is 703. The first-order valence-electron chi connectivity index (χ1n) is 8.09. The van der Waals surface area contributed by atoms with Crippen molar-refractivity contribution in [3.8, 4) is 0 Å². The van der Waals surface area contributed by atoms with E-state index in [1.807, 2.05) is 23.5 Å². The lowest BCUT2D eigenvalue weighted by Gasteiger charge is -2.16. The molecule has 1 heterocycles. The number of rotatable bonds is 0. The third-order valence-electron chi connectivity index (χ3n) is 4.39. The first-order chi connectivity index (χ1) is 11.4. The van der Waals surface area contributed by atoms with Gasteiger partial charge in [0.15, 0.2) is 0 Å². The summed E-state index contributed by atoms with van der Waals surface area (Å²) < 4.78 is 5.73. The lowest BCUT2D eigenvalue weighted by atomic mass is 9.93. The van der Waals surface area contributed by atoms with Crippen LogP contribution in [0.1, 0.15) is 11.1 Å². The molecule has 0 saturated heterocycles. The van der Waals surface area contributed by atoms with Gasteiger partial charge in [0.25, 0.3) is 0 Å². The Balaban J connectivity index is 1.98. The molecule has 4 rings (SSSR count). The van der Waals surface area contributed by atoms with Crippen LogP contribution in [0.4, 0.5) is 0 Å². The van der Waals surface area contributed by atoms with Crippen LogP contribution in [-0.2, 0) is 16.2 Å². The van der Waals surface area contributed by atoms with Crippen molar-refractivity contribution in [1.29, 1.82) is 0 Å². The molecule has 0 amide bonds. The third kappa shape index (κ3) is 3.10. The molecule has 0 unspecified atom stereocenters. The van der Waals surface area contributed by atoms with Gasteiger partial charge in [0.2, 0.25) is 0 Å². The molecule has 3 aromatic rings. The highest BCUT2D eigenvalue weighted by Crippen LogP contribution is 2.36. The standard InChI is InChI=1S/C20H20OS2/c1-2-6-16-15(5-1)19-13-22-11-9-21-10-12-23-14-20(16)18-8-4-3-7-17(18)19/h1-8H,9-14H2. The number of benzene rings is 3. The zero-order chi connectivity index (χ0) is 15.5. The van der Waals surface area contributed by atoms with Crippen LogP contribution in [0.2, 0.25) is 0 Å². The fourth-order valence-electron chi connectivity index (χ4n) is 3.31. The second-order valence-corrected chi connectivity index (χ2v) is 7.98. The van der Waals surface area contributed by atoms with Crippen molar-refractivity contribution in [2.45, 2.75) is 11.5 Å². The van der Waals surface area contributed by atoms with Crippen molar-refractivity contribution in [2.75, 3.05) is 24.7 Å². The lowest BCUT2D eigenvalue weighted by Crippen LogP contribution is -2.01. The quantitative estimate of drug-likeness (QED) is 0.501. The largest absolute Gasteiger partial charge is 0.380 e. The molecule has 0 aliphatic carbocycles. The zero-order valence-electron chi connectivity index (χ0n) is 13.1. The Kier molecular flexibility index (Phi) is 4.79. The topological polar surface area (TPSA) is 9.23 Å². The second-order valence-electron chi connectivity index (χ2n) is 5.77. The normalized spacial score (nSPS) is 16.9. The van der Waals surface area contributed by atoms with Gasteiger partial charge in [0.1, 0.15) is 0 Å². The van der Waals surface area contributed by atoms with Crippen molar-refractivity contribution < 1.29 is 4.74 Å². The molecule has 3 heteroatoms. The van der Waals surface area contributed by atoms with Crippen LogP contribution in [0.25, 0.3) is 21.5 Å². The van der Waals surface area contributed by atoms with Crippen LogP contribution in [-0.4, -0.2) is 24.7 Å². The van der Waals surface area contributed by atoms with Crippen molar-refractivity contribution in [3.63, 3.8) is 0 Å². The first kappa shape index (κ1) is 15.4. The molecule has 0 atom stereocenters. The number of ether oxygens (including phenoxy) is 1. The van der Waals surface area contributed by atoms with E-state index in [0.29, 0.717) is 0 Å². The van der Waals surface area contributed by atoms with Crippen molar-refractivity contribution in [2.24, 2.45) is 0 Å². The molecule has 1 aliphatic heterocycles. The van der Waals surface area contributed by atoms with Gasteiger partial charge in [-0.3, -0.25) is 0 Å². The first-order valence-corrected chi connectivity index (χ1v) is 10.4. The van der Waals surface area contributed by atoms with Gasteiger partial charge in [-0.25, -0.2) is 0 Å². The fraction of sp³-hybridized carbons (Fsp3) is 0.300. The number of hydrogen-bond donors (Lipinski definition) is 0. The monoisotopic (exact) mass is 340 g/mol. The van der Waals surface area contributed by atoms with Gasteiger partial charge in [0, 0.05) is 23.0 Å². The Labute approximate surface area is 145 Å². The Morgan fingerprint density at radius 1 is 0.609 bits per heavy atom. The van der Waals surface area contributed by atoms with E-state index in [2.05, 4.69) is 48.5 Å². The van der Waals surface area contributed by atoms with Crippen LogP contribution < -0.4 is 0 Å². The minimum absolute atomic E-state index is 0.859. The van der Waals surface area contributed by atoms with E-state index in [1.54, 1.807) is 0 Å². The number of hydrogen-bond acceptors (Lipinski definition) is 3. The predicted octanol–water partition coefficient (Wildman–Crippen LogP) is 5.49. The minimum atomic E-state index is 0.859. The van der Waals surface area contributed by atoms with Gasteiger partial charge in [-0.05, 0) is 32.7 Å². The highest BCUT2D eigenvalue weighted by atomic mass is 32.2. The Hall–Kier alpha value is -1.16. The maximum absolute atomic E-state index is 5.73. The fourth-order valence-corrected chi connectivity index (χ4v) is 5.10. The smallest absolute Gasteiger partial charge is 0.0557 e. The van der Waals surface area contributed by atoms with E-state index in [4.69, 9.17) is 4.74 Å². The maximum Gasteiger partial charge on any atom is 0.0557 e. The summed E-state index contributed by atoms with van der Waals surface area (Å²) in [4.78, 5) is 0. The summed E-state index contributed by atoms with van der Waals surface area (Å²) in [5.74, 6) is 4.24. The number of thioether (sulfide) groups is 2. The molecule has 0 N–H and O–H groups in total. The molecule has 1 aliphatic rings. The summed E-state index contributed by atoms with van der Waals surface area (Å²) in [7, 11) is 0. The minimum Gasteiger partial charge on any atom is -0.380 e. The van der Waals surface area contributed by atoms with Gasteiger partial charge in [-0.1, -0.05) is 48.5 Å². The molecule has 0 saturated carbocycles. The summed E-state index contributed by atoms with van der Waals surface area (Å²) in [5.41, 5.74) is 2.96. The van der Waals surface area contributed by atoms with E-state index in [9.17, 15) is 0 Å². The summed E-state index contributed by atoms with van der Waals surface area (Å²) in [6, 6.07) is 17.9. The highest BCUT2D eigenvalue weighted by molar-refractivity contribution is 7.98. The molecular formula is C20H20OS2. The molecule has 23 heavy (non-hydrogen) atoms. The lowest BCUT2D eigenvalue weighted by molar-refractivity contribution is 0.167. The number of fused-ring (bicyclic) bond motifs is 3. The van der Waals surface area contributed by atoms with Crippen LogP contribution in [0.5, 0.6) is 0 Å². The van der Waals surface area contributed by atoms with E-state index in [-0.39, 0.29) is 0 Å². The molecule has 0 radical (unpaired) electrons. The average molecular weight is 341 g/mol. The van der Waals surface area contributed by atoms with E-state index >= 15 is 0 Å². The van der Waals surface area contributed by atoms with E-state index in [0.717, 1.165) is 36.2 Å². The Morgan fingerprint density at radius 2 is 1.00 bits per heavy atom. The second kappa shape index (κ2) is 7.16. The van der Waals surface area contributed by atoms with E-state index in [1.165, 1.54) is 32.7 Å². The van der Waals surface area contributed by atoms with Crippen molar-refractivity contribution in [3.05, 3.63) is 59.7 Å². The summed E-state index contributed by atoms with van der Waals surface area (Å²) in [5, 5.41) is 5.70. The van der Waals surface area contributed by atoms with Crippen LogP contribution in [0, 0.1) is 0 Å². The van der Waals surface area contributed by atoms with Crippen LogP contribution in [0.15, 0.2) is 48.5 Å². The molecule has 3 aromatic carbocycles. The molecule has 1 nitrogen and oxygen atoms in total. The molecule has 0 spiro atoms. The predicted molar refractivity (Wildman–Crippen MR) is 105 cm³/mol. The maximum atomic E-state index is 5.73.